The second-order valence-corrected chi connectivity index (χ2v) is 6.71. The van der Waals surface area contributed by atoms with E-state index in [-0.39, 0.29) is 40.6 Å². The molecule has 0 saturated carbocycles. The fourth-order valence-electron chi connectivity index (χ4n) is 2.63. The van der Waals surface area contributed by atoms with Gasteiger partial charge in [-0.25, -0.2) is 4.98 Å². The Balaban J connectivity index is 1.81. The molecule has 4 N–H and O–H groups in total. The van der Waals surface area contributed by atoms with Crippen LogP contribution in [0.3, 0.4) is 0 Å². The van der Waals surface area contributed by atoms with Crippen molar-refractivity contribution in [2.75, 3.05) is 42.9 Å². The van der Waals surface area contributed by atoms with Crippen LogP contribution in [0, 0.1) is 0 Å². The molecular weight excluding hydrogens is 368 g/mol. The van der Waals surface area contributed by atoms with Gasteiger partial charge in [-0.3, -0.25) is 14.6 Å². The molecular formula is C16H18N8O2S. The molecule has 1 amide bonds. The van der Waals surface area contributed by atoms with Gasteiger partial charge in [0.2, 0.25) is 10.9 Å². The van der Waals surface area contributed by atoms with Crippen LogP contribution >= 0.6 is 11.3 Å². The number of anilines is 2. The smallest absolute Gasteiger partial charge is 0.277 e. The molecule has 1 saturated heterocycles. The van der Waals surface area contributed by atoms with Crippen molar-refractivity contribution in [2.45, 2.75) is 0 Å². The summed E-state index contributed by atoms with van der Waals surface area (Å²) in [6, 6.07) is 1.11. The Morgan fingerprint density at radius 1 is 1.41 bits per heavy atom. The Bertz CT molecular complexity index is 1190. The third kappa shape index (κ3) is 3.65. The molecule has 3 aromatic rings. The quantitative estimate of drug-likeness (QED) is 0.545. The van der Waals surface area contributed by atoms with Crippen LogP contribution in [0.15, 0.2) is 29.2 Å². The first-order chi connectivity index (χ1) is 14.4. The van der Waals surface area contributed by atoms with Crippen LogP contribution < -0.4 is 26.8 Å². The number of rotatable bonds is 4. The summed E-state index contributed by atoms with van der Waals surface area (Å²) in [5, 5.41) is 9.98. The predicted molar refractivity (Wildman–Crippen MR) is 103 cm³/mol. The molecule has 0 spiro atoms. The number of nitrogens with zero attached hydrogens (tertiary/aromatic N) is 5. The van der Waals surface area contributed by atoms with Crippen molar-refractivity contribution in [3.05, 3.63) is 34.8 Å². The highest BCUT2D eigenvalue weighted by atomic mass is 32.1. The van der Waals surface area contributed by atoms with Crippen molar-refractivity contribution < 1.29 is 8.91 Å². The minimum atomic E-state index is -0.592. The van der Waals surface area contributed by atoms with E-state index in [0.717, 1.165) is 42.0 Å². The number of nitrogens with one attached hydrogen (secondary N) is 2. The van der Waals surface area contributed by atoms with E-state index in [1.807, 2.05) is 4.90 Å². The molecule has 1 aliphatic rings. The number of piperazine rings is 1. The minimum Gasteiger partial charge on any atom is -0.354 e. The fraction of sp³-hybridized carbons (Fsp3) is 0.312. The number of pyridine rings is 1. The van der Waals surface area contributed by atoms with E-state index < -0.39 is 12.1 Å². The van der Waals surface area contributed by atoms with Crippen LogP contribution in [-0.4, -0.2) is 58.2 Å². The molecule has 0 radical (unpaired) electrons. The molecule has 1 fully saturated rings. The number of aromatic nitrogens is 4. The van der Waals surface area contributed by atoms with Crippen LogP contribution in [0.5, 0.6) is 0 Å². The summed E-state index contributed by atoms with van der Waals surface area (Å²) in [5.41, 5.74) is 4.74. The summed E-state index contributed by atoms with van der Waals surface area (Å²) in [7, 11) is 0. The summed E-state index contributed by atoms with van der Waals surface area (Å²) in [6.45, 7) is 2.71. The Morgan fingerprint density at radius 2 is 2.22 bits per heavy atom. The molecule has 4 heterocycles. The molecule has 11 heteroatoms. The summed E-state index contributed by atoms with van der Waals surface area (Å²) >= 11 is 1.03. The average molecular weight is 389 g/mol. The zero-order valence-electron chi connectivity index (χ0n) is 17.2. The lowest BCUT2D eigenvalue weighted by molar-refractivity contribution is -0.114. The van der Waals surface area contributed by atoms with E-state index in [1.54, 1.807) is 0 Å². The van der Waals surface area contributed by atoms with Gasteiger partial charge in [0, 0.05) is 44.0 Å². The molecule has 0 aliphatic carbocycles. The number of hydrogen-bond donors (Lipinski definition) is 3. The van der Waals surface area contributed by atoms with Gasteiger partial charge in [0.15, 0.2) is 0 Å². The monoisotopic (exact) mass is 389 g/mol. The minimum absolute atomic E-state index is 0.00283. The van der Waals surface area contributed by atoms with Crippen LogP contribution in [-0.2, 0) is 4.79 Å². The van der Waals surface area contributed by atoms with Crippen molar-refractivity contribution in [3.8, 4) is 10.6 Å². The van der Waals surface area contributed by atoms with Crippen LogP contribution in [0.2, 0.25) is 0 Å². The van der Waals surface area contributed by atoms with E-state index in [1.165, 1.54) is 6.07 Å². The SMILES string of the molecule is [2H]c1nc([2H])c(-c2nn3c(=O)cc(N4CCNCC4)nc3s2)c([2H])c1NC(=O)CN. The first-order valence-corrected chi connectivity index (χ1v) is 9.05. The summed E-state index contributed by atoms with van der Waals surface area (Å²) in [6.07, 6.45) is -0.780. The van der Waals surface area contributed by atoms with E-state index in [0.29, 0.717) is 10.8 Å². The van der Waals surface area contributed by atoms with Crippen molar-refractivity contribution in [3.63, 3.8) is 0 Å². The van der Waals surface area contributed by atoms with E-state index in [2.05, 4.69) is 25.7 Å². The number of carbonyl (C=O) groups excluding carboxylic acids is 1. The highest BCUT2D eigenvalue weighted by molar-refractivity contribution is 7.19. The van der Waals surface area contributed by atoms with Gasteiger partial charge in [0.05, 0.1) is 22.5 Å². The van der Waals surface area contributed by atoms with E-state index in [4.69, 9.17) is 9.85 Å². The number of hydrogen-bond acceptors (Lipinski definition) is 9. The van der Waals surface area contributed by atoms with Crippen molar-refractivity contribution in [1.82, 2.24) is 24.9 Å². The predicted octanol–water partition coefficient (Wildman–Crippen LogP) is -0.480. The molecule has 0 unspecified atom stereocenters. The maximum atomic E-state index is 12.6. The largest absolute Gasteiger partial charge is 0.354 e. The number of carbonyl (C=O) groups is 1. The Hall–Kier alpha value is -2.89. The standard InChI is InChI=1S/C16H18N8O2S/c17-7-13(25)20-11-5-10(8-19-9-11)15-22-24-14(26)6-12(21-16(24)27-15)23-3-1-18-2-4-23/h5-6,8-9,18H,1-4,7,17H2,(H,20,25)/i5D,8D,9D. The first-order valence-electron chi connectivity index (χ1n) is 9.73. The Labute approximate surface area is 162 Å². The molecule has 4 rings (SSSR count). The van der Waals surface area contributed by atoms with E-state index in [9.17, 15) is 9.59 Å². The van der Waals surface area contributed by atoms with Gasteiger partial charge in [-0.1, -0.05) is 11.3 Å². The van der Waals surface area contributed by atoms with Gasteiger partial charge in [0.1, 0.15) is 10.8 Å². The molecule has 27 heavy (non-hydrogen) atoms. The Morgan fingerprint density at radius 3 is 3.00 bits per heavy atom. The molecule has 1 aliphatic heterocycles. The number of amides is 1. The van der Waals surface area contributed by atoms with Gasteiger partial charge in [-0.15, -0.1) is 0 Å². The summed E-state index contributed by atoms with van der Waals surface area (Å²) < 4.78 is 25.4. The lowest BCUT2D eigenvalue weighted by Crippen LogP contribution is -2.44. The normalized spacial score (nSPS) is 16.0. The van der Waals surface area contributed by atoms with E-state index >= 15 is 0 Å². The van der Waals surface area contributed by atoms with Crippen LogP contribution in [0.1, 0.15) is 4.11 Å². The fourth-order valence-corrected chi connectivity index (χ4v) is 3.48. The average Bonchev–Trinajstić information content (AvgIpc) is 3.15. The number of nitrogens with two attached hydrogens (primary N) is 1. The second-order valence-electron chi connectivity index (χ2n) is 5.75. The maximum absolute atomic E-state index is 12.6. The molecule has 10 nitrogen and oxygen atoms in total. The van der Waals surface area contributed by atoms with Crippen LogP contribution in [0.25, 0.3) is 15.5 Å². The van der Waals surface area contributed by atoms with Crippen molar-refractivity contribution in [2.24, 2.45) is 5.73 Å². The van der Waals surface area contributed by atoms with Crippen molar-refractivity contribution >= 4 is 33.7 Å². The molecule has 0 bridgehead atoms. The lowest BCUT2D eigenvalue weighted by atomic mass is 10.3. The number of fused-ring (bicyclic) bond motifs is 1. The highest BCUT2D eigenvalue weighted by Gasteiger charge is 2.16. The van der Waals surface area contributed by atoms with Gasteiger partial charge in [0.25, 0.3) is 5.56 Å². The van der Waals surface area contributed by atoms with Crippen LogP contribution in [0.4, 0.5) is 11.5 Å². The van der Waals surface area contributed by atoms with Crippen molar-refractivity contribution in [1.29, 1.82) is 0 Å². The topological polar surface area (TPSA) is 131 Å². The third-order valence-electron chi connectivity index (χ3n) is 3.92. The van der Waals surface area contributed by atoms with Gasteiger partial charge in [-0.2, -0.15) is 9.61 Å². The van der Waals surface area contributed by atoms with Gasteiger partial charge >= 0.3 is 0 Å². The Kier molecular flexibility index (Phi) is 3.89. The summed E-state index contributed by atoms with van der Waals surface area (Å²) in [5.74, 6) is -0.0465. The zero-order valence-corrected chi connectivity index (χ0v) is 15.0. The third-order valence-corrected chi connectivity index (χ3v) is 4.85. The zero-order chi connectivity index (χ0) is 21.4. The maximum Gasteiger partial charge on any atom is 0.277 e. The lowest BCUT2D eigenvalue weighted by Gasteiger charge is -2.27. The van der Waals surface area contributed by atoms with Gasteiger partial charge in [-0.05, 0) is 6.04 Å². The first kappa shape index (κ1) is 14.2. The molecule has 0 atom stereocenters. The molecule has 3 aromatic heterocycles. The van der Waals surface area contributed by atoms with Gasteiger partial charge < -0.3 is 21.3 Å². The second kappa shape index (κ2) is 7.39. The molecule has 140 valence electrons. The highest BCUT2D eigenvalue weighted by Crippen LogP contribution is 2.26. The molecule has 0 aromatic carbocycles. The summed E-state index contributed by atoms with van der Waals surface area (Å²) in [4.78, 5) is 34.8.